The number of hydrogen-bond acceptors (Lipinski definition) is 4. The number of likely N-dealkylation sites (N-methyl/N-ethyl adjacent to an activating group) is 1. The average Bonchev–Trinajstić information content (AvgIpc) is 2.94. The second-order valence-corrected chi connectivity index (χ2v) is 6.07. The Morgan fingerprint density at radius 1 is 1.13 bits per heavy atom. The van der Waals surface area contributed by atoms with Gasteiger partial charge in [0.1, 0.15) is 11.8 Å². The lowest BCUT2D eigenvalue weighted by Gasteiger charge is -2.38. The van der Waals surface area contributed by atoms with E-state index in [1.165, 1.54) is 0 Å². The first kappa shape index (κ1) is 15.6. The largest absolute Gasteiger partial charge is 0.497 e. The van der Waals surface area contributed by atoms with Crippen molar-refractivity contribution in [3.05, 3.63) is 24.3 Å². The molecule has 2 fully saturated rings. The molecule has 0 bridgehead atoms. The molecule has 3 rings (SSSR count). The van der Waals surface area contributed by atoms with Gasteiger partial charge < -0.3 is 19.4 Å². The van der Waals surface area contributed by atoms with Crippen molar-refractivity contribution < 1.29 is 14.3 Å². The van der Waals surface area contributed by atoms with Gasteiger partial charge in [-0.1, -0.05) is 0 Å². The highest BCUT2D eigenvalue weighted by Crippen LogP contribution is 2.22. The van der Waals surface area contributed by atoms with Gasteiger partial charge in [-0.2, -0.15) is 0 Å². The van der Waals surface area contributed by atoms with Crippen molar-refractivity contribution in [2.24, 2.45) is 0 Å². The van der Waals surface area contributed by atoms with Crippen LogP contribution in [0, 0.1) is 0 Å². The molecule has 0 saturated carbocycles. The maximum atomic E-state index is 12.6. The van der Waals surface area contributed by atoms with E-state index in [9.17, 15) is 9.59 Å². The van der Waals surface area contributed by atoms with Crippen molar-refractivity contribution >= 4 is 17.5 Å². The number of benzene rings is 1. The molecule has 0 N–H and O–H groups in total. The van der Waals surface area contributed by atoms with Crippen molar-refractivity contribution in [2.45, 2.75) is 18.9 Å². The first-order chi connectivity index (χ1) is 11.1. The Kier molecular flexibility index (Phi) is 4.41. The number of nitrogens with zero attached hydrogens (tertiary/aromatic N) is 3. The van der Waals surface area contributed by atoms with E-state index in [-0.39, 0.29) is 17.9 Å². The molecule has 1 aromatic carbocycles. The number of amides is 2. The summed E-state index contributed by atoms with van der Waals surface area (Å²) in [5.74, 6) is 1.00. The van der Waals surface area contributed by atoms with E-state index in [0.717, 1.165) is 24.5 Å². The fourth-order valence-electron chi connectivity index (χ4n) is 3.28. The second-order valence-electron chi connectivity index (χ2n) is 6.07. The molecule has 23 heavy (non-hydrogen) atoms. The van der Waals surface area contributed by atoms with Crippen LogP contribution in [0.15, 0.2) is 24.3 Å². The van der Waals surface area contributed by atoms with Crippen molar-refractivity contribution in [3.8, 4) is 5.75 Å². The smallest absolute Gasteiger partial charge is 0.245 e. The minimum atomic E-state index is -0.268. The van der Waals surface area contributed by atoms with E-state index < -0.39 is 0 Å². The van der Waals surface area contributed by atoms with Crippen LogP contribution in [0.25, 0.3) is 0 Å². The summed E-state index contributed by atoms with van der Waals surface area (Å²) < 4.78 is 5.18. The van der Waals surface area contributed by atoms with E-state index in [1.807, 2.05) is 29.2 Å². The number of anilines is 1. The lowest BCUT2D eigenvalue weighted by atomic mass is 10.1. The van der Waals surface area contributed by atoms with E-state index in [0.29, 0.717) is 25.9 Å². The van der Waals surface area contributed by atoms with E-state index in [2.05, 4.69) is 4.90 Å². The SMILES string of the molecule is COc1ccc(N2CCN(C(=O)C3CCC(=O)N3C)CC2)cc1. The molecule has 2 saturated heterocycles. The Morgan fingerprint density at radius 3 is 2.30 bits per heavy atom. The molecular formula is C17H23N3O3. The predicted molar refractivity (Wildman–Crippen MR) is 87.6 cm³/mol. The standard InChI is InChI=1S/C17H23N3O3/c1-18-15(7-8-16(18)21)17(22)20-11-9-19(10-12-20)13-3-5-14(23-2)6-4-13/h3-6,15H,7-12H2,1-2H3. The van der Waals surface area contributed by atoms with E-state index >= 15 is 0 Å². The van der Waals surface area contributed by atoms with Gasteiger partial charge >= 0.3 is 0 Å². The maximum absolute atomic E-state index is 12.6. The predicted octanol–water partition coefficient (Wildman–Crippen LogP) is 0.965. The van der Waals surface area contributed by atoms with Crippen LogP contribution in [-0.4, -0.2) is 68.0 Å². The zero-order valence-electron chi connectivity index (χ0n) is 13.7. The van der Waals surface area contributed by atoms with Crippen LogP contribution in [-0.2, 0) is 9.59 Å². The van der Waals surface area contributed by atoms with Crippen LogP contribution < -0.4 is 9.64 Å². The van der Waals surface area contributed by atoms with Gasteiger partial charge in [0.25, 0.3) is 0 Å². The van der Waals surface area contributed by atoms with Gasteiger partial charge in [0.15, 0.2) is 0 Å². The molecule has 6 heteroatoms. The maximum Gasteiger partial charge on any atom is 0.245 e. The molecule has 2 heterocycles. The molecule has 124 valence electrons. The highest BCUT2D eigenvalue weighted by Gasteiger charge is 2.36. The minimum absolute atomic E-state index is 0.0696. The average molecular weight is 317 g/mol. The summed E-state index contributed by atoms with van der Waals surface area (Å²) in [5.41, 5.74) is 1.14. The summed E-state index contributed by atoms with van der Waals surface area (Å²) in [5, 5.41) is 0. The molecule has 2 aliphatic rings. The lowest BCUT2D eigenvalue weighted by molar-refractivity contribution is -0.140. The van der Waals surface area contributed by atoms with Gasteiger partial charge in [-0.25, -0.2) is 0 Å². The quantitative estimate of drug-likeness (QED) is 0.833. The van der Waals surface area contributed by atoms with Crippen molar-refractivity contribution in [1.29, 1.82) is 0 Å². The van der Waals surface area contributed by atoms with Crippen molar-refractivity contribution in [2.75, 3.05) is 45.2 Å². The third kappa shape index (κ3) is 3.11. The molecular weight excluding hydrogens is 294 g/mol. The molecule has 1 aromatic rings. The van der Waals surface area contributed by atoms with Crippen LogP contribution >= 0.6 is 0 Å². The Morgan fingerprint density at radius 2 is 1.78 bits per heavy atom. The Bertz CT molecular complexity index is 579. The number of carbonyl (C=O) groups excluding carboxylic acids is 2. The monoisotopic (exact) mass is 317 g/mol. The molecule has 0 aromatic heterocycles. The van der Waals surface area contributed by atoms with Crippen molar-refractivity contribution in [1.82, 2.24) is 9.80 Å². The summed E-state index contributed by atoms with van der Waals surface area (Å²) in [6.45, 7) is 3.01. The fourth-order valence-corrected chi connectivity index (χ4v) is 3.28. The highest BCUT2D eigenvalue weighted by atomic mass is 16.5. The zero-order chi connectivity index (χ0) is 16.4. The lowest BCUT2D eigenvalue weighted by Crippen LogP contribution is -2.53. The number of piperazine rings is 1. The number of rotatable bonds is 3. The minimum Gasteiger partial charge on any atom is -0.497 e. The number of ether oxygens (including phenoxy) is 1. The topological polar surface area (TPSA) is 53.1 Å². The number of hydrogen-bond donors (Lipinski definition) is 0. The number of likely N-dealkylation sites (tertiary alicyclic amines) is 1. The van der Waals surface area contributed by atoms with Crippen LogP contribution in [0.4, 0.5) is 5.69 Å². The van der Waals surface area contributed by atoms with Gasteiger partial charge in [-0.3, -0.25) is 9.59 Å². The molecule has 6 nitrogen and oxygen atoms in total. The number of methoxy groups -OCH3 is 1. The van der Waals surface area contributed by atoms with Gasteiger partial charge in [0.05, 0.1) is 7.11 Å². The van der Waals surface area contributed by atoms with Crippen LogP contribution in [0.2, 0.25) is 0 Å². The summed E-state index contributed by atoms with van der Waals surface area (Å²) in [6.07, 6.45) is 1.13. The Balaban J connectivity index is 1.57. The Labute approximate surface area is 136 Å². The van der Waals surface area contributed by atoms with Gasteiger partial charge in [0.2, 0.25) is 11.8 Å². The van der Waals surface area contributed by atoms with Crippen LogP contribution in [0.5, 0.6) is 5.75 Å². The zero-order valence-corrected chi connectivity index (χ0v) is 13.7. The van der Waals surface area contributed by atoms with E-state index in [4.69, 9.17) is 4.74 Å². The van der Waals surface area contributed by atoms with Gasteiger partial charge in [-0.05, 0) is 30.7 Å². The first-order valence-electron chi connectivity index (χ1n) is 8.03. The first-order valence-corrected chi connectivity index (χ1v) is 8.03. The normalized spacial score (nSPS) is 21.7. The van der Waals surface area contributed by atoms with Gasteiger partial charge in [0, 0.05) is 45.3 Å². The van der Waals surface area contributed by atoms with Crippen molar-refractivity contribution in [3.63, 3.8) is 0 Å². The van der Waals surface area contributed by atoms with E-state index in [1.54, 1.807) is 19.1 Å². The summed E-state index contributed by atoms with van der Waals surface area (Å²) in [7, 11) is 3.38. The molecule has 1 atom stereocenters. The number of carbonyl (C=O) groups is 2. The molecule has 0 aliphatic carbocycles. The fraction of sp³-hybridized carbons (Fsp3) is 0.529. The molecule has 2 aliphatic heterocycles. The third-order valence-electron chi connectivity index (χ3n) is 4.81. The van der Waals surface area contributed by atoms with Crippen LogP contribution in [0.1, 0.15) is 12.8 Å². The summed E-state index contributed by atoms with van der Waals surface area (Å²) >= 11 is 0. The molecule has 2 amide bonds. The summed E-state index contributed by atoms with van der Waals surface area (Å²) in [4.78, 5) is 29.9. The highest BCUT2D eigenvalue weighted by molar-refractivity contribution is 5.90. The molecule has 1 unspecified atom stereocenters. The van der Waals surface area contributed by atoms with Crippen LogP contribution in [0.3, 0.4) is 0 Å². The second kappa shape index (κ2) is 6.48. The summed E-state index contributed by atoms with van der Waals surface area (Å²) in [6, 6.07) is 7.72. The Hall–Kier alpha value is -2.24. The molecule has 0 radical (unpaired) electrons. The molecule has 0 spiro atoms. The third-order valence-corrected chi connectivity index (χ3v) is 4.81. The van der Waals surface area contributed by atoms with Gasteiger partial charge in [-0.15, -0.1) is 0 Å².